The topological polar surface area (TPSA) is 70.8 Å². The van der Waals surface area contributed by atoms with Gasteiger partial charge in [0.25, 0.3) is 0 Å². The van der Waals surface area contributed by atoms with Gasteiger partial charge in [0.1, 0.15) is 17.1 Å². The summed E-state index contributed by atoms with van der Waals surface area (Å²) in [5, 5.41) is 0.364. The molecule has 8 heteroatoms. The summed E-state index contributed by atoms with van der Waals surface area (Å²) in [6.07, 6.45) is 3.84. The average Bonchev–Trinajstić information content (AvgIpc) is 2.76. The third kappa shape index (κ3) is 4.17. The van der Waals surface area contributed by atoms with Crippen LogP contribution in [0.25, 0.3) is 22.5 Å². The Morgan fingerprint density at radius 2 is 2.03 bits per heavy atom. The number of ether oxygens (including phenoxy) is 3. The lowest BCUT2D eigenvalue weighted by molar-refractivity contribution is 0.313. The monoisotopic (exact) mass is 445 g/mol. The molecule has 0 aliphatic rings. The Morgan fingerprint density at radius 1 is 1.27 bits per heavy atom. The van der Waals surface area contributed by atoms with E-state index < -0.39 is 5.63 Å². The number of hydrogen-bond donors (Lipinski definition) is 0. The van der Waals surface area contributed by atoms with Crippen LogP contribution >= 0.6 is 23.8 Å². The van der Waals surface area contributed by atoms with Crippen LogP contribution in [0.4, 0.5) is 0 Å². The van der Waals surface area contributed by atoms with E-state index in [2.05, 4.69) is 4.98 Å². The van der Waals surface area contributed by atoms with E-state index in [0.29, 0.717) is 39.6 Å². The van der Waals surface area contributed by atoms with Crippen LogP contribution in [0.2, 0.25) is 5.02 Å². The molecule has 0 bridgehead atoms. The normalized spacial score (nSPS) is 10.6. The van der Waals surface area contributed by atoms with Crippen molar-refractivity contribution in [1.29, 1.82) is 0 Å². The second-order valence-corrected chi connectivity index (χ2v) is 7.11. The van der Waals surface area contributed by atoms with Gasteiger partial charge in [0.2, 0.25) is 0 Å². The smallest absolute Gasteiger partial charge is 0.357 e. The lowest BCUT2D eigenvalue weighted by Crippen LogP contribution is -2.15. The maximum absolute atomic E-state index is 13.2. The molecule has 0 saturated carbocycles. The summed E-state index contributed by atoms with van der Waals surface area (Å²) in [7, 11) is 2.90. The zero-order chi connectivity index (χ0) is 21.8. The van der Waals surface area contributed by atoms with E-state index in [1.54, 1.807) is 43.6 Å². The summed E-state index contributed by atoms with van der Waals surface area (Å²) in [5.41, 5.74) is 2.11. The van der Waals surface area contributed by atoms with Crippen molar-refractivity contribution < 1.29 is 18.6 Å². The van der Waals surface area contributed by atoms with Gasteiger partial charge in [-0.2, -0.15) is 0 Å². The molecule has 3 aromatic rings. The molecule has 0 atom stereocenters. The van der Waals surface area contributed by atoms with Gasteiger partial charge in [-0.25, -0.2) is 4.79 Å². The van der Waals surface area contributed by atoms with Crippen LogP contribution in [-0.2, 0) is 11.2 Å². The van der Waals surface area contributed by atoms with Crippen molar-refractivity contribution in [3.8, 4) is 33.9 Å². The molecule has 3 rings (SSSR count). The predicted molar refractivity (Wildman–Crippen MR) is 120 cm³/mol. The summed E-state index contributed by atoms with van der Waals surface area (Å²) >= 11 is 11.3. The molecular formula is C22H20ClNO5S. The Hall–Kier alpha value is -2.90. The Kier molecular flexibility index (Phi) is 6.74. The molecule has 1 aromatic carbocycles. The molecule has 0 aliphatic carbocycles. The first-order valence-electron chi connectivity index (χ1n) is 9.11. The first-order chi connectivity index (χ1) is 14.4. The van der Waals surface area contributed by atoms with E-state index in [0.717, 1.165) is 5.56 Å². The molecule has 0 radical (unpaired) electrons. The SMILES string of the molecule is CCc1cc(Cl)cc(OC)c1-c1c(OC(=S)OC)c(C)c(-c2cccnc2)oc1=O. The summed E-state index contributed by atoms with van der Waals surface area (Å²) in [5.74, 6) is 0.984. The van der Waals surface area contributed by atoms with E-state index in [9.17, 15) is 4.79 Å². The number of hydrogen-bond acceptors (Lipinski definition) is 7. The molecule has 0 aliphatic heterocycles. The van der Waals surface area contributed by atoms with Crippen molar-refractivity contribution in [2.24, 2.45) is 0 Å². The van der Waals surface area contributed by atoms with Crippen molar-refractivity contribution in [1.82, 2.24) is 4.98 Å². The zero-order valence-corrected chi connectivity index (χ0v) is 18.5. The van der Waals surface area contributed by atoms with Crippen LogP contribution in [-0.4, -0.2) is 24.4 Å². The van der Waals surface area contributed by atoms with Gasteiger partial charge in [0.05, 0.1) is 14.2 Å². The molecule has 0 spiro atoms. The minimum Gasteiger partial charge on any atom is -0.496 e. The number of thiocarbonyl (C=S) groups is 1. The van der Waals surface area contributed by atoms with Crippen molar-refractivity contribution in [3.63, 3.8) is 0 Å². The number of aromatic nitrogens is 1. The minimum absolute atomic E-state index is 0.131. The van der Waals surface area contributed by atoms with Crippen LogP contribution < -0.4 is 15.1 Å². The van der Waals surface area contributed by atoms with Gasteiger partial charge < -0.3 is 18.6 Å². The fourth-order valence-corrected chi connectivity index (χ4v) is 3.52. The maximum Gasteiger partial charge on any atom is 0.357 e. The van der Waals surface area contributed by atoms with Gasteiger partial charge in [0, 0.05) is 46.3 Å². The second kappa shape index (κ2) is 9.28. The number of halogens is 1. The van der Waals surface area contributed by atoms with Crippen molar-refractivity contribution in [3.05, 3.63) is 63.2 Å². The van der Waals surface area contributed by atoms with Gasteiger partial charge in [0.15, 0.2) is 5.75 Å². The van der Waals surface area contributed by atoms with Gasteiger partial charge in [-0.05, 0) is 43.2 Å². The number of rotatable bonds is 5. The predicted octanol–water partition coefficient (Wildman–Crippen LogP) is 5.21. The first-order valence-corrected chi connectivity index (χ1v) is 9.90. The third-order valence-corrected chi connectivity index (χ3v) is 5.05. The van der Waals surface area contributed by atoms with Gasteiger partial charge in [-0.15, -0.1) is 0 Å². The molecule has 0 amide bonds. The number of methoxy groups -OCH3 is 2. The fraction of sp³-hybridized carbons (Fsp3) is 0.227. The summed E-state index contributed by atoms with van der Waals surface area (Å²) in [6, 6.07) is 6.96. The van der Waals surface area contributed by atoms with E-state index in [1.165, 1.54) is 14.2 Å². The van der Waals surface area contributed by atoms with Crippen LogP contribution in [0.5, 0.6) is 11.5 Å². The molecule has 30 heavy (non-hydrogen) atoms. The van der Waals surface area contributed by atoms with Gasteiger partial charge in [-0.1, -0.05) is 18.5 Å². The number of benzene rings is 1. The molecule has 2 aromatic heterocycles. The van der Waals surface area contributed by atoms with Crippen molar-refractivity contribution in [2.75, 3.05) is 14.2 Å². The second-order valence-electron chi connectivity index (χ2n) is 6.34. The van der Waals surface area contributed by atoms with E-state index in [4.69, 9.17) is 42.4 Å². The Bertz CT molecular complexity index is 1120. The van der Waals surface area contributed by atoms with E-state index in [-0.39, 0.29) is 16.5 Å². The highest BCUT2D eigenvalue weighted by Crippen LogP contribution is 2.42. The molecule has 0 N–H and O–H groups in total. The van der Waals surface area contributed by atoms with E-state index in [1.807, 2.05) is 6.92 Å². The maximum atomic E-state index is 13.2. The Labute approximate surface area is 184 Å². The lowest BCUT2D eigenvalue weighted by atomic mass is 9.95. The first kappa shape index (κ1) is 21.8. The van der Waals surface area contributed by atoms with Crippen LogP contribution in [0.15, 0.2) is 45.9 Å². The molecule has 2 heterocycles. The summed E-state index contributed by atoms with van der Waals surface area (Å²) < 4.78 is 22.1. The van der Waals surface area contributed by atoms with Crippen LogP contribution in [0.3, 0.4) is 0 Å². The zero-order valence-electron chi connectivity index (χ0n) is 16.9. The highest BCUT2D eigenvalue weighted by atomic mass is 35.5. The van der Waals surface area contributed by atoms with Crippen LogP contribution in [0.1, 0.15) is 18.1 Å². The van der Waals surface area contributed by atoms with Crippen molar-refractivity contribution >= 4 is 29.1 Å². The van der Waals surface area contributed by atoms with Gasteiger partial charge >= 0.3 is 10.9 Å². The molecular weight excluding hydrogens is 426 g/mol. The number of pyridine rings is 1. The molecule has 0 fully saturated rings. The number of aryl methyl sites for hydroxylation is 1. The van der Waals surface area contributed by atoms with E-state index >= 15 is 0 Å². The standard InChI is InChI=1S/C22H20ClNO5S/c1-5-13-9-15(23)10-16(26-3)17(13)18-20(29-22(30)27-4)12(2)19(28-21(18)25)14-7-6-8-24-11-14/h6-11H,5H2,1-4H3. The van der Waals surface area contributed by atoms with Crippen LogP contribution in [0, 0.1) is 6.92 Å². The quantitative estimate of drug-likeness (QED) is 0.499. The average molecular weight is 446 g/mol. The largest absolute Gasteiger partial charge is 0.496 e. The highest BCUT2D eigenvalue weighted by Gasteiger charge is 2.26. The Morgan fingerprint density at radius 3 is 2.63 bits per heavy atom. The molecule has 0 unspecified atom stereocenters. The number of nitrogens with zero attached hydrogens (tertiary/aromatic N) is 1. The fourth-order valence-electron chi connectivity index (χ4n) is 3.20. The summed E-state index contributed by atoms with van der Waals surface area (Å²) in [4.78, 5) is 17.3. The molecule has 156 valence electrons. The minimum atomic E-state index is -0.608. The van der Waals surface area contributed by atoms with Gasteiger partial charge in [-0.3, -0.25) is 4.98 Å². The molecule has 0 saturated heterocycles. The van der Waals surface area contributed by atoms with Crippen molar-refractivity contribution in [2.45, 2.75) is 20.3 Å². The third-order valence-electron chi connectivity index (χ3n) is 4.58. The highest BCUT2D eigenvalue weighted by molar-refractivity contribution is 7.79. The molecule has 6 nitrogen and oxygen atoms in total. The summed E-state index contributed by atoms with van der Waals surface area (Å²) in [6.45, 7) is 3.73. The lowest BCUT2D eigenvalue weighted by Gasteiger charge is -2.19. The Balaban J connectivity index is 2.40.